The molecule has 1 unspecified atom stereocenters. The maximum Gasteiger partial charge on any atom is 0.241 e. The fourth-order valence-corrected chi connectivity index (χ4v) is 6.88. The van der Waals surface area contributed by atoms with Crippen molar-refractivity contribution in [3.63, 3.8) is 0 Å². The van der Waals surface area contributed by atoms with Crippen molar-refractivity contribution in [2.24, 2.45) is 5.92 Å². The van der Waals surface area contributed by atoms with Crippen LogP contribution in [0.2, 0.25) is 0 Å². The number of benzene rings is 4. The highest BCUT2D eigenvalue weighted by atomic mass is 32.2. The highest BCUT2D eigenvalue weighted by molar-refractivity contribution is 7.89. The first-order chi connectivity index (χ1) is 20.2. The Kier molecular flexibility index (Phi) is 9.26. The maximum absolute atomic E-state index is 13.5. The van der Waals surface area contributed by atoms with Crippen molar-refractivity contribution in [1.82, 2.24) is 14.9 Å². The predicted molar refractivity (Wildman–Crippen MR) is 167 cm³/mol. The van der Waals surface area contributed by atoms with E-state index in [9.17, 15) is 13.2 Å². The summed E-state index contributed by atoms with van der Waals surface area (Å²) in [4.78, 5) is 15.9. The first-order valence-corrected chi connectivity index (χ1v) is 16.0. The molecule has 0 spiro atoms. The van der Waals surface area contributed by atoms with Crippen molar-refractivity contribution in [2.75, 3.05) is 20.2 Å². The largest absolute Gasteiger partial charge is 0.493 e. The van der Waals surface area contributed by atoms with Gasteiger partial charge in [0, 0.05) is 31.5 Å². The van der Waals surface area contributed by atoms with Crippen LogP contribution in [0.1, 0.15) is 55.5 Å². The van der Waals surface area contributed by atoms with E-state index in [1.54, 1.807) is 18.2 Å². The Balaban J connectivity index is 1.31. The number of amides is 1. The molecule has 0 aliphatic carbocycles. The van der Waals surface area contributed by atoms with E-state index in [1.807, 2.05) is 60.7 Å². The zero-order valence-electron chi connectivity index (χ0n) is 24.4. The van der Waals surface area contributed by atoms with E-state index in [1.165, 1.54) is 0 Å². The topological polar surface area (TPSA) is 87.7 Å². The molecule has 2 N–H and O–H groups in total. The quantitative estimate of drug-likeness (QED) is 0.226. The van der Waals surface area contributed by atoms with Gasteiger partial charge in [-0.3, -0.25) is 4.79 Å². The molecule has 0 bridgehead atoms. The molecule has 7 nitrogen and oxygen atoms in total. The van der Waals surface area contributed by atoms with Gasteiger partial charge in [0.2, 0.25) is 15.9 Å². The Morgan fingerprint density at radius 1 is 0.952 bits per heavy atom. The van der Waals surface area contributed by atoms with E-state index in [0.29, 0.717) is 18.9 Å². The minimum absolute atomic E-state index is 0.0401. The lowest BCUT2D eigenvalue weighted by atomic mass is 9.97. The van der Waals surface area contributed by atoms with E-state index < -0.39 is 16.1 Å². The zero-order chi connectivity index (χ0) is 29.7. The number of fused-ring (bicyclic) bond motifs is 2. The van der Waals surface area contributed by atoms with E-state index >= 15 is 0 Å². The summed E-state index contributed by atoms with van der Waals surface area (Å²) in [6, 6.07) is 27.1. The summed E-state index contributed by atoms with van der Waals surface area (Å²) in [5, 5.41) is 4.94. The van der Waals surface area contributed by atoms with Gasteiger partial charge in [-0.05, 0) is 53.1 Å². The molecule has 42 heavy (non-hydrogen) atoms. The van der Waals surface area contributed by atoms with Crippen LogP contribution in [0.25, 0.3) is 10.8 Å². The summed E-state index contributed by atoms with van der Waals surface area (Å²) in [5.74, 6) is 1.14. The summed E-state index contributed by atoms with van der Waals surface area (Å²) in [6.45, 7) is 6.73. The number of rotatable bonds is 11. The molecule has 1 amide bonds. The first kappa shape index (κ1) is 29.8. The molecule has 4 aromatic rings. The molecule has 1 heterocycles. The lowest BCUT2D eigenvalue weighted by molar-refractivity contribution is -0.122. The molecule has 0 radical (unpaired) electrons. The van der Waals surface area contributed by atoms with Crippen LogP contribution in [-0.4, -0.2) is 39.4 Å². The van der Waals surface area contributed by atoms with Crippen LogP contribution >= 0.6 is 0 Å². The third-order valence-corrected chi connectivity index (χ3v) is 8.97. The van der Waals surface area contributed by atoms with Crippen LogP contribution in [0.15, 0.2) is 95.9 Å². The molecule has 0 fully saturated rings. The summed E-state index contributed by atoms with van der Waals surface area (Å²) in [5.41, 5.74) is 2.83. The summed E-state index contributed by atoms with van der Waals surface area (Å²) >= 11 is 0. The van der Waals surface area contributed by atoms with Crippen LogP contribution in [0.4, 0.5) is 0 Å². The molecule has 2 atom stereocenters. The van der Waals surface area contributed by atoms with Crippen molar-refractivity contribution >= 4 is 26.7 Å². The van der Waals surface area contributed by atoms with Crippen molar-refractivity contribution in [3.8, 4) is 5.75 Å². The Bertz CT molecular complexity index is 1640. The van der Waals surface area contributed by atoms with Gasteiger partial charge in [0.25, 0.3) is 0 Å². The number of carbonyl (C=O) groups is 1. The molecule has 4 aromatic carbocycles. The van der Waals surface area contributed by atoms with E-state index in [2.05, 4.69) is 48.0 Å². The van der Waals surface area contributed by atoms with Crippen LogP contribution in [0.3, 0.4) is 0 Å². The number of ether oxygens (including phenoxy) is 1. The maximum atomic E-state index is 13.5. The Labute approximate surface area is 248 Å². The molecule has 8 heteroatoms. The highest BCUT2D eigenvalue weighted by Crippen LogP contribution is 2.33. The number of hydrogen-bond acceptors (Lipinski definition) is 5. The number of nitrogens with one attached hydrogen (secondary N) is 2. The van der Waals surface area contributed by atoms with Gasteiger partial charge in [-0.15, -0.1) is 0 Å². The molecule has 220 valence electrons. The van der Waals surface area contributed by atoms with E-state index in [0.717, 1.165) is 46.3 Å². The van der Waals surface area contributed by atoms with Crippen molar-refractivity contribution < 1.29 is 17.9 Å². The minimum atomic E-state index is -3.90. The summed E-state index contributed by atoms with van der Waals surface area (Å²) < 4.78 is 35.8. The lowest BCUT2D eigenvalue weighted by Crippen LogP contribution is -2.36. The second-order valence-electron chi connectivity index (χ2n) is 11.5. The Morgan fingerprint density at radius 3 is 2.45 bits per heavy atom. The smallest absolute Gasteiger partial charge is 0.241 e. The first-order valence-electron chi connectivity index (χ1n) is 14.5. The van der Waals surface area contributed by atoms with Crippen molar-refractivity contribution in [3.05, 3.63) is 108 Å². The number of sulfonamides is 1. The van der Waals surface area contributed by atoms with E-state index in [4.69, 9.17) is 4.74 Å². The average molecular weight is 586 g/mol. The van der Waals surface area contributed by atoms with Crippen LogP contribution < -0.4 is 14.8 Å². The molecular formula is C34H39N3O4S. The Morgan fingerprint density at radius 2 is 1.69 bits per heavy atom. The molecule has 0 aromatic heterocycles. The van der Waals surface area contributed by atoms with Gasteiger partial charge in [-0.1, -0.05) is 86.6 Å². The second kappa shape index (κ2) is 13.1. The molecule has 0 saturated heterocycles. The van der Waals surface area contributed by atoms with Gasteiger partial charge in [0.05, 0.1) is 23.6 Å². The van der Waals surface area contributed by atoms with Gasteiger partial charge in [-0.2, -0.15) is 0 Å². The number of nitrogens with zero attached hydrogens (tertiary/aromatic N) is 1. The zero-order valence-corrected chi connectivity index (χ0v) is 25.2. The minimum Gasteiger partial charge on any atom is -0.493 e. The van der Waals surface area contributed by atoms with Gasteiger partial charge in [0.15, 0.2) is 0 Å². The fraction of sp³-hybridized carbons (Fsp3) is 0.324. The van der Waals surface area contributed by atoms with Gasteiger partial charge in [0.1, 0.15) is 5.75 Å². The molecular weight excluding hydrogens is 546 g/mol. The molecule has 1 aliphatic rings. The van der Waals surface area contributed by atoms with Crippen molar-refractivity contribution in [1.29, 1.82) is 0 Å². The number of carbonyl (C=O) groups excluding carboxylic acids is 1. The van der Waals surface area contributed by atoms with E-state index in [-0.39, 0.29) is 23.3 Å². The molecule has 5 rings (SSSR count). The number of hydrogen-bond donors (Lipinski definition) is 2. The van der Waals surface area contributed by atoms with Gasteiger partial charge < -0.3 is 15.0 Å². The summed E-state index contributed by atoms with van der Waals surface area (Å²) in [7, 11) is -1.79. The van der Waals surface area contributed by atoms with Crippen LogP contribution in [0, 0.1) is 5.92 Å². The predicted octanol–water partition coefficient (Wildman–Crippen LogP) is 5.98. The third-order valence-electron chi connectivity index (χ3n) is 7.50. The van der Waals surface area contributed by atoms with Crippen LogP contribution in [-0.2, 0) is 21.4 Å². The standard InChI is InChI=1S/C34H39N3O4S/c1-24(2)22-37(3)23-25-13-16-30-31(17-18-41-33(30)19-25)35-34(38)21-32(27-10-5-4-6-11-27)36-42(39,40)29-15-14-26-9-7-8-12-28(26)20-29/h4-16,19-20,24,31-32,36H,17-18,21-23H2,1-3H3,(H,35,38)/t31?,32-/m1/s1. The third kappa shape index (κ3) is 7.37. The fourth-order valence-electron chi connectivity index (χ4n) is 5.62. The monoisotopic (exact) mass is 585 g/mol. The highest BCUT2D eigenvalue weighted by Gasteiger charge is 2.27. The normalized spacial score (nSPS) is 15.8. The Hall–Kier alpha value is -3.72. The molecule has 1 aliphatic heterocycles. The van der Waals surface area contributed by atoms with Gasteiger partial charge >= 0.3 is 0 Å². The van der Waals surface area contributed by atoms with Crippen LogP contribution in [0.5, 0.6) is 5.75 Å². The second-order valence-corrected chi connectivity index (χ2v) is 13.2. The van der Waals surface area contributed by atoms with Gasteiger partial charge in [-0.25, -0.2) is 13.1 Å². The van der Waals surface area contributed by atoms with Crippen molar-refractivity contribution in [2.45, 2.75) is 50.2 Å². The summed E-state index contributed by atoms with van der Waals surface area (Å²) in [6.07, 6.45) is 0.603. The lowest BCUT2D eigenvalue weighted by Gasteiger charge is -2.28. The SMILES string of the molecule is CC(C)CN(C)Cc1ccc2c(c1)OCCC2NC(=O)C[C@@H](NS(=O)(=O)c1ccc2ccccc2c1)c1ccccc1. The molecule has 0 saturated carbocycles. The average Bonchev–Trinajstić information content (AvgIpc) is 2.96.